The van der Waals surface area contributed by atoms with Crippen molar-refractivity contribution in [2.45, 2.75) is 88.6 Å². The van der Waals surface area contributed by atoms with E-state index in [2.05, 4.69) is 9.95 Å². The summed E-state index contributed by atoms with van der Waals surface area (Å²) in [4.78, 5) is 8.98. The van der Waals surface area contributed by atoms with Crippen LogP contribution in [0.3, 0.4) is 0 Å². The van der Waals surface area contributed by atoms with Crippen molar-refractivity contribution in [3.63, 3.8) is 0 Å². The Morgan fingerprint density at radius 3 is 1.13 bits per heavy atom. The summed E-state index contributed by atoms with van der Waals surface area (Å²) < 4.78 is 78.1. The number of hydrogen-bond donors (Lipinski definition) is 0. The minimum atomic E-state index is -4.59. The molecule has 2 fully saturated rings. The van der Waals surface area contributed by atoms with Crippen molar-refractivity contribution in [3.8, 4) is 0 Å². The van der Waals surface area contributed by atoms with E-state index in [1.54, 1.807) is 23.9 Å². The van der Waals surface area contributed by atoms with Crippen LogP contribution in [0.2, 0.25) is 10.0 Å². The van der Waals surface area contributed by atoms with Crippen molar-refractivity contribution in [1.29, 1.82) is 10.8 Å². The number of benzene rings is 2. The third-order valence-corrected chi connectivity index (χ3v) is 8.57. The van der Waals surface area contributed by atoms with Crippen LogP contribution in [0.4, 0.5) is 49.1 Å². The fourth-order valence-corrected chi connectivity index (χ4v) is 6.18. The molecule has 0 atom stereocenters. The Morgan fingerprint density at radius 1 is 0.617 bits per heavy atom. The van der Waals surface area contributed by atoms with Crippen LogP contribution >= 0.6 is 62.0 Å². The molecular formula is C28H32Cl6F6N6Zn. The van der Waals surface area contributed by atoms with Crippen molar-refractivity contribution in [2.75, 3.05) is 23.9 Å². The predicted molar refractivity (Wildman–Crippen MR) is 176 cm³/mol. The molecule has 0 aliphatic heterocycles. The van der Waals surface area contributed by atoms with E-state index in [1.807, 2.05) is 0 Å². The molecule has 2 aromatic rings. The van der Waals surface area contributed by atoms with E-state index >= 15 is 0 Å². The van der Waals surface area contributed by atoms with E-state index in [9.17, 15) is 26.3 Å². The van der Waals surface area contributed by atoms with Crippen LogP contribution in [0, 0.1) is 10.8 Å². The van der Waals surface area contributed by atoms with Gasteiger partial charge in [-0.25, -0.2) is 0 Å². The maximum absolute atomic E-state index is 13.0. The second-order valence-electron chi connectivity index (χ2n) is 11.2. The summed E-state index contributed by atoms with van der Waals surface area (Å²) in [5.74, 6) is 0. The molecule has 0 spiro atoms. The van der Waals surface area contributed by atoms with Crippen LogP contribution in [0.1, 0.15) is 75.3 Å². The van der Waals surface area contributed by atoms with Crippen LogP contribution in [-0.2, 0) is 23.2 Å². The van der Waals surface area contributed by atoms with Gasteiger partial charge in [0.15, 0.2) is 21.1 Å². The maximum atomic E-state index is 13.0. The molecule has 0 bridgehead atoms. The zero-order chi connectivity index (χ0) is 35.7. The number of diazo groups is 2. The zero-order valence-electron chi connectivity index (χ0n) is 25.5. The van der Waals surface area contributed by atoms with Gasteiger partial charge in [-0.1, -0.05) is 61.7 Å². The van der Waals surface area contributed by atoms with Crippen LogP contribution in [0.5, 0.6) is 0 Å². The molecule has 260 valence electrons. The minimum absolute atomic E-state index is 0.156. The van der Waals surface area contributed by atoms with E-state index in [4.69, 9.17) is 72.8 Å². The van der Waals surface area contributed by atoms with Gasteiger partial charge in [-0.05, 0) is 37.8 Å². The monoisotopic (exact) mass is 840 g/mol. The normalized spacial score (nSPS) is 16.1. The molecule has 0 saturated heterocycles. The van der Waals surface area contributed by atoms with Crippen LogP contribution < -0.4 is 9.80 Å². The third kappa shape index (κ3) is 13.2. The van der Waals surface area contributed by atoms with E-state index in [1.165, 1.54) is 0 Å². The van der Waals surface area contributed by atoms with Crippen LogP contribution in [0.15, 0.2) is 24.3 Å². The van der Waals surface area contributed by atoms with Gasteiger partial charge in [0.2, 0.25) is 10.8 Å². The fourth-order valence-electron chi connectivity index (χ4n) is 5.59. The Kier molecular flexibility index (Phi) is 16.2. The second-order valence-corrected chi connectivity index (χ2v) is 39.8. The molecule has 2 aliphatic rings. The summed E-state index contributed by atoms with van der Waals surface area (Å²) in [6.07, 6.45) is 1.21. The van der Waals surface area contributed by atoms with E-state index in [-0.39, 0.29) is 22.1 Å². The fraction of sp³-hybridized carbons (Fsp3) is 0.571. The first-order valence-electron chi connectivity index (χ1n) is 14.7. The van der Waals surface area contributed by atoms with Gasteiger partial charge in [-0.15, -0.1) is 0 Å². The van der Waals surface area contributed by atoms with E-state index < -0.39 is 45.7 Å². The number of hydrogen-bond acceptors (Lipinski definition) is 4. The molecule has 0 heterocycles. The van der Waals surface area contributed by atoms with Crippen molar-refractivity contribution in [1.82, 2.24) is 0 Å². The molecule has 0 aromatic heterocycles. The van der Waals surface area contributed by atoms with Gasteiger partial charge in [-0.3, -0.25) is 0 Å². The Hall–Kier alpha value is -1.18. The van der Waals surface area contributed by atoms with Crippen molar-refractivity contribution in [2.24, 2.45) is 0 Å². The summed E-state index contributed by atoms with van der Waals surface area (Å²) in [7, 11) is 20.3. The SMILES string of the molecule is CN(c1cc(C(F)(F)F)c([N+]#N)cc1Cl)C1CCCCC1.CN(c1cc(C(F)(F)F)c([N+]#N)cc1Cl)C1CCCCC1.[Cl][Zn-2]([Cl])([Cl])[Cl]. The summed E-state index contributed by atoms with van der Waals surface area (Å²) in [5, 5.41) is 17.8. The molecule has 0 N–H and O–H groups in total. The van der Waals surface area contributed by atoms with Gasteiger partial charge in [-0.2, -0.15) is 26.3 Å². The Bertz CT molecular complexity index is 1320. The number of anilines is 2. The van der Waals surface area contributed by atoms with E-state index in [0.29, 0.717) is 11.4 Å². The Labute approximate surface area is 298 Å². The molecule has 0 unspecified atom stereocenters. The quantitative estimate of drug-likeness (QED) is 0.175. The molecule has 2 saturated carbocycles. The zero-order valence-corrected chi connectivity index (χ0v) is 33.0. The number of alkyl halides is 6. The first-order valence-corrected chi connectivity index (χ1v) is 31.1. The molecule has 19 heteroatoms. The standard InChI is InChI=1S/2C14H16ClF3N3.4ClH.Zn/c2*1-21(9-5-3-2-4-6-9)13-7-10(14(16,17)18)12(20-19)8-11(13)15;;;;;/h2*7-9H,2-6H2,1H3;4*1H;/q2*+1;;;;;+2/p-4. The van der Waals surface area contributed by atoms with Gasteiger partial charge < -0.3 is 9.80 Å². The van der Waals surface area contributed by atoms with Gasteiger partial charge in [0, 0.05) is 26.2 Å². The van der Waals surface area contributed by atoms with Gasteiger partial charge in [0.1, 0.15) is 0 Å². The van der Waals surface area contributed by atoms with Crippen LogP contribution in [0.25, 0.3) is 9.95 Å². The summed E-state index contributed by atoms with van der Waals surface area (Å²) >= 11 is 12.1. The Morgan fingerprint density at radius 2 is 0.894 bits per heavy atom. The molecular weight excluding hydrogens is 812 g/mol. The Balaban J connectivity index is 0.000000286. The van der Waals surface area contributed by atoms with Crippen LogP contribution in [-0.4, -0.2) is 26.2 Å². The second kappa shape index (κ2) is 18.2. The molecule has 0 amide bonds. The summed E-state index contributed by atoms with van der Waals surface area (Å²) in [5.41, 5.74) is -2.44. The van der Waals surface area contributed by atoms with Crippen molar-refractivity contribution < 1.29 is 37.2 Å². The topological polar surface area (TPSA) is 62.8 Å². The van der Waals surface area contributed by atoms with Gasteiger partial charge in [0.25, 0.3) is 0 Å². The van der Waals surface area contributed by atoms with Gasteiger partial charge in [0.05, 0.1) is 33.6 Å². The predicted octanol–water partition coefficient (Wildman–Crippen LogP) is 14.0. The molecule has 2 aromatic carbocycles. The molecule has 2 aliphatic carbocycles. The number of nitrogens with zero attached hydrogens (tertiary/aromatic N) is 6. The van der Waals surface area contributed by atoms with Crippen molar-refractivity contribution >= 4 is 84.7 Å². The molecule has 47 heavy (non-hydrogen) atoms. The van der Waals surface area contributed by atoms with Crippen molar-refractivity contribution in [3.05, 3.63) is 55.4 Å². The summed E-state index contributed by atoms with van der Waals surface area (Å²) in [6.45, 7) is 0. The summed E-state index contributed by atoms with van der Waals surface area (Å²) in [6, 6.07) is 4.42. The first kappa shape index (κ1) is 42.0. The first-order chi connectivity index (χ1) is 21.7. The van der Waals surface area contributed by atoms with Gasteiger partial charge >= 0.3 is 73.3 Å². The van der Waals surface area contributed by atoms with E-state index in [0.717, 1.165) is 88.5 Å². The average molecular weight is 845 g/mol. The number of halogens is 12. The molecule has 6 nitrogen and oxygen atoms in total. The average Bonchev–Trinajstić information content (AvgIpc) is 2.99. The number of rotatable bonds is 4. The third-order valence-electron chi connectivity index (χ3n) is 7.96. The molecule has 4 rings (SSSR count). The molecule has 0 radical (unpaired) electrons.